The third-order valence-corrected chi connectivity index (χ3v) is 5.21. The number of phenols is 1. The number of nitrogens with zero attached hydrogens (tertiary/aromatic N) is 5. The zero-order valence-electron chi connectivity index (χ0n) is 15.7. The lowest BCUT2D eigenvalue weighted by Crippen LogP contribution is -2.01. The predicted octanol–water partition coefficient (Wildman–Crippen LogP) is 4.55. The second kappa shape index (κ2) is 6.71. The summed E-state index contributed by atoms with van der Waals surface area (Å²) in [6.45, 7) is 3.04. The van der Waals surface area contributed by atoms with Gasteiger partial charge in [0.25, 0.3) is 0 Å². The molecular formula is C22H21N5O. The molecule has 0 aliphatic heterocycles. The van der Waals surface area contributed by atoms with Crippen molar-refractivity contribution >= 4 is 11.0 Å². The van der Waals surface area contributed by atoms with Gasteiger partial charge in [-0.05, 0) is 55.0 Å². The second-order valence-electron chi connectivity index (χ2n) is 7.30. The van der Waals surface area contributed by atoms with Gasteiger partial charge in [0.1, 0.15) is 11.3 Å². The van der Waals surface area contributed by atoms with Gasteiger partial charge in [-0.2, -0.15) is 5.10 Å². The maximum atomic E-state index is 10.5. The molecule has 6 heteroatoms. The molecule has 4 aromatic rings. The summed E-state index contributed by atoms with van der Waals surface area (Å²) in [6.07, 6.45) is 10.3. The molecule has 1 N–H and O–H groups in total. The fraction of sp³-hybridized carbons (Fsp3) is 0.273. The summed E-state index contributed by atoms with van der Waals surface area (Å²) >= 11 is 0. The van der Waals surface area contributed by atoms with E-state index < -0.39 is 0 Å². The van der Waals surface area contributed by atoms with Crippen LogP contribution in [-0.2, 0) is 6.54 Å². The standard InChI is InChI=1S/C22H21N5O/c1-2-9-27-22-16(14-3-4-14)11-18(26-20(22)13-25-27)17-10-15(5-6-21(17)28)19-12-23-7-8-24-19/h5-8,10-14,28H,2-4,9H2,1H3. The zero-order valence-corrected chi connectivity index (χ0v) is 15.7. The first-order valence-corrected chi connectivity index (χ1v) is 9.71. The summed E-state index contributed by atoms with van der Waals surface area (Å²) < 4.78 is 2.07. The number of benzene rings is 1. The molecular weight excluding hydrogens is 350 g/mol. The Morgan fingerprint density at radius 1 is 1.11 bits per heavy atom. The summed E-state index contributed by atoms with van der Waals surface area (Å²) in [6, 6.07) is 7.61. The lowest BCUT2D eigenvalue weighted by Gasteiger charge is -2.11. The van der Waals surface area contributed by atoms with Gasteiger partial charge in [-0.25, -0.2) is 4.98 Å². The van der Waals surface area contributed by atoms with Crippen LogP contribution < -0.4 is 0 Å². The van der Waals surface area contributed by atoms with E-state index in [1.165, 1.54) is 18.4 Å². The van der Waals surface area contributed by atoms with Crippen molar-refractivity contribution in [3.05, 3.63) is 54.6 Å². The highest BCUT2D eigenvalue weighted by Gasteiger charge is 2.28. The first kappa shape index (κ1) is 16.9. The normalized spacial score (nSPS) is 13.9. The Labute approximate surface area is 162 Å². The Morgan fingerprint density at radius 2 is 2.00 bits per heavy atom. The molecule has 1 aromatic carbocycles. The first-order valence-electron chi connectivity index (χ1n) is 9.71. The van der Waals surface area contributed by atoms with Gasteiger partial charge in [-0.3, -0.25) is 14.6 Å². The molecule has 6 nitrogen and oxygen atoms in total. The van der Waals surface area contributed by atoms with Crippen LogP contribution in [0.4, 0.5) is 0 Å². The molecule has 1 saturated carbocycles. The van der Waals surface area contributed by atoms with Gasteiger partial charge < -0.3 is 5.11 Å². The van der Waals surface area contributed by atoms with Gasteiger partial charge >= 0.3 is 0 Å². The van der Waals surface area contributed by atoms with Gasteiger partial charge in [0.15, 0.2) is 0 Å². The van der Waals surface area contributed by atoms with E-state index in [-0.39, 0.29) is 5.75 Å². The third kappa shape index (κ3) is 2.91. The molecule has 5 rings (SSSR count). The molecule has 3 heterocycles. The number of hydrogen-bond acceptors (Lipinski definition) is 5. The highest BCUT2D eigenvalue weighted by atomic mass is 16.3. The minimum Gasteiger partial charge on any atom is -0.507 e. The Hall–Kier alpha value is -3.28. The van der Waals surface area contributed by atoms with Gasteiger partial charge in [-0.1, -0.05) is 6.92 Å². The van der Waals surface area contributed by atoms with Crippen molar-refractivity contribution in [2.24, 2.45) is 0 Å². The number of fused-ring (bicyclic) bond motifs is 1. The van der Waals surface area contributed by atoms with E-state index in [1.807, 2.05) is 18.3 Å². The minimum atomic E-state index is 0.210. The highest BCUT2D eigenvalue weighted by Crippen LogP contribution is 2.45. The smallest absolute Gasteiger partial charge is 0.125 e. The van der Waals surface area contributed by atoms with Crippen molar-refractivity contribution in [2.75, 3.05) is 0 Å². The van der Waals surface area contributed by atoms with Crippen molar-refractivity contribution in [3.8, 4) is 28.3 Å². The van der Waals surface area contributed by atoms with E-state index in [1.54, 1.807) is 24.7 Å². The van der Waals surface area contributed by atoms with Crippen LogP contribution in [0.2, 0.25) is 0 Å². The van der Waals surface area contributed by atoms with Crippen molar-refractivity contribution < 1.29 is 5.11 Å². The number of rotatable bonds is 5. The SMILES string of the molecule is CCCn1ncc2nc(-c3cc(-c4cnccn4)ccc3O)cc(C3CC3)c21. The lowest BCUT2D eigenvalue weighted by molar-refractivity contribution is 0.477. The van der Waals surface area contributed by atoms with Crippen LogP contribution in [0.3, 0.4) is 0 Å². The largest absolute Gasteiger partial charge is 0.507 e. The van der Waals surface area contributed by atoms with Gasteiger partial charge in [0.05, 0.1) is 29.3 Å². The second-order valence-corrected chi connectivity index (χ2v) is 7.30. The van der Waals surface area contributed by atoms with Gasteiger partial charge in [0.2, 0.25) is 0 Å². The number of hydrogen-bond donors (Lipinski definition) is 1. The Bertz CT molecular complexity index is 1150. The highest BCUT2D eigenvalue weighted by molar-refractivity contribution is 5.85. The molecule has 0 atom stereocenters. The molecule has 0 amide bonds. The van der Waals surface area contributed by atoms with E-state index >= 15 is 0 Å². The van der Waals surface area contributed by atoms with E-state index in [9.17, 15) is 5.11 Å². The van der Waals surface area contributed by atoms with Crippen LogP contribution in [0.25, 0.3) is 33.5 Å². The minimum absolute atomic E-state index is 0.210. The summed E-state index contributed by atoms with van der Waals surface area (Å²) in [5.41, 5.74) is 6.45. The van der Waals surface area contributed by atoms with Crippen LogP contribution >= 0.6 is 0 Å². The molecule has 28 heavy (non-hydrogen) atoms. The van der Waals surface area contributed by atoms with Crippen molar-refractivity contribution in [2.45, 2.75) is 38.6 Å². The molecule has 0 spiro atoms. The van der Waals surface area contributed by atoms with Crippen LogP contribution in [-0.4, -0.2) is 29.8 Å². The molecule has 0 bridgehead atoms. The lowest BCUT2D eigenvalue weighted by atomic mass is 10.0. The van der Waals surface area contributed by atoms with Crippen molar-refractivity contribution in [3.63, 3.8) is 0 Å². The first-order chi connectivity index (χ1) is 13.7. The quantitative estimate of drug-likeness (QED) is 0.557. The van der Waals surface area contributed by atoms with E-state index in [0.29, 0.717) is 11.5 Å². The Kier molecular flexibility index (Phi) is 4.04. The average molecular weight is 371 g/mol. The fourth-order valence-corrected chi connectivity index (χ4v) is 3.71. The summed E-state index contributed by atoms with van der Waals surface area (Å²) in [5.74, 6) is 0.768. The maximum Gasteiger partial charge on any atom is 0.125 e. The monoisotopic (exact) mass is 371 g/mol. The maximum absolute atomic E-state index is 10.5. The number of aromatic nitrogens is 5. The summed E-state index contributed by atoms with van der Waals surface area (Å²) in [5, 5.41) is 15.1. The molecule has 1 aliphatic carbocycles. The molecule has 0 unspecified atom stereocenters. The number of phenolic OH excluding ortho intramolecular Hbond substituents is 1. The molecule has 0 radical (unpaired) electrons. The van der Waals surface area contributed by atoms with E-state index in [2.05, 4.69) is 32.7 Å². The van der Waals surface area contributed by atoms with Crippen LogP contribution in [0, 0.1) is 0 Å². The zero-order chi connectivity index (χ0) is 19.1. The predicted molar refractivity (Wildman–Crippen MR) is 108 cm³/mol. The van der Waals surface area contributed by atoms with E-state index in [4.69, 9.17) is 4.98 Å². The molecule has 1 aliphatic rings. The molecule has 1 fully saturated rings. The van der Waals surface area contributed by atoms with E-state index in [0.717, 1.165) is 41.0 Å². The van der Waals surface area contributed by atoms with Gasteiger partial charge in [0, 0.05) is 30.1 Å². The third-order valence-electron chi connectivity index (χ3n) is 5.21. The Balaban J connectivity index is 1.67. The Morgan fingerprint density at radius 3 is 2.75 bits per heavy atom. The van der Waals surface area contributed by atoms with Crippen molar-refractivity contribution in [1.82, 2.24) is 24.7 Å². The van der Waals surface area contributed by atoms with Crippen LogP contribution in [0.5, 0.6) is 5.75 Å². The van der Waals surface area contributed by atoms with Gasteiger partial charge in [-0.15, -0.1) is 0 Å². The van der Waals surface area contributed by atoms with Crippen LogP contribution in [0.15, 0.2) is 49.1 Å². The fourth-order valence-electron chi connectivity index (χ4n) is 3.71. The molecule has 0 saturated heterocycles. The average Bonchev–Trinajstić information content (AvgIpc) is 3.50. The number of pyridine rings is 1. The molecule has 3 aromatic heterocycles. The van der Waals surface area contributed by atoms with Crippen molar-refractivity contribution in [1.29, 1.82) is 0 Å². The number of aryl methyl sites for hydroxylation is 1. The van der Waals surface area contributed by atoms with Crippen LogP contribution in [0.1, 0.15) is 37.7 Å². The topological polar surface area (TPSA) is 76.7 Å². The summed E-state index contributed by atoms with van der Waals surface area (Å²) in [7, 11) is 0. The number of aromatic hydroxyl groups is 1. The molecule has 140 valence electrons. The summed E-state index contributed by atoms with van der Waals surface area (Å²) in [4.78, 5) is 13.3.